The lowest BCUT2D eigenvalue weighted by molar-refractivity contribution is 0.112. The number of rotatable bonds is 6. The molecule has 0 radical (unpaired) electrons. The minimum atomic E-state index is 0. The summed E-state index contributed by atoms with van der Waals surface area (Å²) in [6.45, 7) is 7.45. The molecule has 2 aliphatic heterocycles. The molecule has 0 amide bonds. The van der Waals surface area contributed by atoms with Gasteiger partial charge in [-0.3, -0.25) is 4.90 Å². The summed E-state index contributed by atoms with van der Waals surface area (Å²) in [5.74, 6) is 0. The second-order valence-corrected chi connectivity index (χ2v) is 8.61. The van der Waals surface area contributed by atoms with Gasteiger partial charge in [0, 0.05) is 54.1 Å². The van der Waals surface area contributed by atoms with Crippen molar-refractivity contribution in [1.82, 2.24) is 9.80 Å². The van der Waals surface area contributed by atoms with Gasteiger partial charge in [-0.05, 0) is 43.3 Å². The van der Waals surface area contributed by atoms with Gasteiger partial charge in [0.1, 0.15) is 0 Å². The van der Waals surface area contributed by atoms with E-state index in [1.54, 1.807) is 0 Å². The molecule has 0 bridgehead atoms. The first-order valence-electron chi connectivity index (χ1n) is 9.64. The van der Waals surface area contributed by atoms with Gasteiger partial charge >= 0.3 is 0 Å². The molecule has 2 aromatic rings. The molecule has 1 saturated heterocycles. The SMILES string of the molecule is Cl.Cl.OCCN1CCN(CCCN2c3ccccc3Sc3ccc(Cl)cc32)CC1. The smallest absolute Gasteiger partial charge is 0.0567 e. The average molecular weight is 477 g/mol. The van der Waals surface area contributed by atoms with Gasteiger partial charge in [-0.25, -0.2) is 0 Å². The van der Waals surface area contributed by atoms with Crippen molar-refractivity contribution in [2.45, 2.75) is 16.2 Å². The lowest BCUT2D eigenvalue weighted by Gasteiger charge is -2.36. The van der Waals surface area contributed by atoms with Crippen molar-refractivity contribution in [3.8, 4) is 0 Å². The van der Waals surface area contributed by atoms with Crippen molar-refractivity contribution in [3.05, 3.63) is 47.5 Å². The van der Waals surface area contributed by atoms with Crippen LogP contribution in [0, 0.1) is 0 Å². The molecule has 0 aromatic heterocycles. The number of anilines is 2. The molecule has 0 atom stereocenters. The van der Waals surface area contributed by atoms with E-state index in [0.717, 1.165) is 57.3 Å². The van der Waals surface area contributed by atoms with Crippen LogP contribution in [0.2, 0.25) is 5.02 Å². The summed E-state index contributed by atoms with van der Waals surface area (Å²) in [6, 6.07) is 14.8. The molecule has 0 saturated carbocycles. The van der Waals surface area contributed by atoms with Crippen LogP contribution >= 0.6 is 48.2 Å². The molecular weight excluding hydrogens is 449 g/mol. The Labute approximate surface area is 195 Å². The standard InChI is InChI=1S/C21H26ClN3OS.2ClH/c22-17-6-7-21-19(16-17)25(18-4-1-2-5-20(18)27-21)9-3-8-23-10-12-24(13-11-23)14-15-26;;/h1-2,4-7,16,26H,3,8-15H2;2*1H. The average Bonchev–Trinajstić information content (AvgIpc) is 2.69. The minimum Gasteiger partial charge on any atom is -0.395 e. The third kappa shape index (κ3) is 5.95. The number of nitrogens with zero attached hydrogens (tertiary/aromatic N) is 3. The van der Waals surface area contributed by atoms with Gasteiger partial charge in [0.05, 0.1) is 18.0 Å². The third-order valence-corrected chi connectivity index (χ3v) is 6.69. The van der Waals surface area contributed by atoms with E-state index in [1.165, 1.54) is 21.2 Å². The summed E-state index contributed by atoms with van der Waals surface area (Å²) in [6.07, 6.45) is 1.12. The molecule has 0 spiro atoms. The van der Waals surface area contributed by atoms with Crippen molar-refractivity contribution in [1.29, 1.82) is 0 Å². The zero-order chi connectivity index (χ0) is 18.6. The Bertz CT molecular complexity index is 788. The van der Waals surface area contributed by atoms with Crippen molar-refractivity contribution in [2.24, 2.45) is 0 Å². The Morgan fingerprint density at radius 1 is 0.828 bits per heavy atom. The number of para-hydroxylation sites is 1. The molecule has 29 heavy (non-hydrogen) atoms. The van der Waals surface area contributed by atoms with Crippen molar-refractivity contribution < 1.29 is 5.11 Å². The van der Waals surface area contributed by atoms with E-state index in [4.69, 9.17) is 16.7 Å². The summed E-state index contributed by atoms with van der Waals surface area (Å²) < 4.78 is 0. The molecule has 160 valence electrons. The number of hydrogen-bond acceptors (Lipinski definition) is 5. The van der Waals surface area contributed by atoms with Crippen LogP contribution in [0.3, 0.4) is 0 Å². The first kappa shape index (κ1) is 24.6. The maximum atomic E-state index is 9.08. The normalized spacial score (nSPS) is 16.4. The maximum Gasteiger partial charge on any atom is 0.0567 e. The molecule has 4 nitrogen and oxygen atoms in total. The summed E-state index contributed by atoms with van der Waals surface area (Å²) in [5, 5.41) is 9.87. The fraction of sp³-hybridized carbons (Fsp3) is 0.429. The minimum absolute atomic E-state index is 0. The molecule has 0 aliphatic carbocycles. The van der Waals surface area contributed by atoms with E-state index in [9.17, 15) is 0 Å². The highest BCUT2D eigenvalue weighted by Gasteiger charge is 2.23. The summed E-state index contributed by atoms with van der Waals surface area (Å²) >= 11 is 8.12. The first-order valence-corrected chi connectivity index (χ1v) is 10.8. The van der Waals surface area contributed by atoms with Crippen molar-refractivity contribution in [2.75, 3.05) is 57.3 Å². The van der Waals surface area contributed by atoms with Crippen LogP contribution in [0.4, 0.5) is 11.4 Å². The number of hydrogen-bond donors (Lipinski definition) is 1. The van der Waals surface area contributed by atoms with Crippen LogP contribution in [0.25, 0.3) is 0 Å². The van der Waals surface area contributed by atoms with E-state index in [1.807, 2.05) is 17.8 Å². The fourth-order valence-corrected chi connectivity index (χ4v) is 5.12. The van der Waals surface area contributed by atoms with Crippen LogP contribution in [-0.4, -0.2) is 67.3 Å². The second kappa shape index (κ2) is 11.7. The van der Waals surface area contributed by atoms with Gasteiger partial charge < -0.3 is 14.9 Å². The molecule has 0 unspecified atom stereocenters. The highest BCUT2D eigenvalue weighted by molar-refractivity contribution is 7.99. The number of aliphatic hydroxyl groups is 1. The topological polar surface area (TPSA) is 30.0 Å². The summed E-state index contributed by atoms with van der Waals surface area (Å²) in [5.41, 5.74) is 2.50. The number of benzene rings is 2. The number of fused-ring (bicyclic) bond motifs is 2. The highest BCUT2D eigenvalue weighted by Crippen LogP contribution is 2.48. The van der Waals surface area contributed by atoms with Crippen molar-refractivity contribution >= 4 is 59.6 Å². The van der Waals surface area contributed by atoms with E-state index < -0.39 is 0 Å². The lowest BCUT2D eigenvalue weighted by Crippen LogP contribution is -2.47. The van der Waals surface area contributed by atoms with Crippen LogP contribution in [-0.2, 0) is 0 Å². The number of halogens is 3. The van der Waals surface area contributed by atoms with Gasteiger partial charge in [0.15, 0.2) is 0 Å². The fourth-order valence-electron chi connectivity index (χ4n) is 3.87. The molecule has 2 aliphatic rings. The number of β-amino-alcohol motifs (C(OH)–C–C–N with tert-alkyl or cyclic N) is 1. The zero-order valence-corrected chi connectivity index (χ0v) is 19.5. The van der Waals surface area contributed by atoms with Gasteiger partial charge in [-0.15, -0.1) is 24.8 Å². The summed E-state index contributed by atoms with van der Waals surface area (Å²) in [7, 11) is 0. The molecule has 2 aromatic carbocycles. The van der Waals surface area contributed by atoms with Crippen LogP contribution in [0.1, 0.15) is 6.42 Å². The Balaban J connectivity index is 0.00000150. The Hall–Kier alpha value is -0.660. The van der Waals surface area contributed by atoms with Crippen LogP contribution in [0.5, 0.6) is 0 Å². The quantitative estimate of drug-likeness (QED) is 0.648. The van der Waals surface area contributed by atoms with Gasteiger partial charge in [-0.2, -0.15) is 0 Å². The Kier molecular flexibility index (Phi) is 9.89. The largest absolute Gasteiger partial charge is 0.395 e. The monoisotopic (exact) mass is 475 g/mol. The van der Waals surface area contributed by atoms with E-state index >= 15 is 0 Å². The number of aliphatic hydroxyl groups excluding tert-OH is 1. The molecule has 2 heterocycles. The van der Waals surface area contributed by atoms with Gasteiger partial charge in [0.25, 0.3) is 0 Å². The number of piperazine rings is 1. The molecule has 4 rings (SSSR count). The maximum absolute atomic E-state index is 9.08. The van der Waals surface area contributed by atoms with Crippen LogP contribution in [0.15, 0.2) is 52.3 Å². The second-order valence-electron chi connectivity index (χ2n) is 7.09. The lowest BCUT2D eigenvalue weighted by atomic mass is 10.2. The highest BCUT2D eigenvalue weighted by atomic mass is 35.5. The first-order chi connectivity index (χ1) is 13.2. The molecular formula is C21H28Cl3N3OS. The van der Waals surface area contributed by atoms with Gasteiger partial charge in [0.2, 0.25) is 0 Å². The Morgan fingerprint density at radius 2 is 1.48 bits per heavy atom. The predicted molar refractivity (Wildman–Crippen MR) is 128 cm³/mol. The molecule has 1 N–H and O–H groups in total. The summed E-state index contributed by atoms with van der Waals surface area (Å²) in [4.78, 5) is 9.89. The molecule has 8 heteroatoms. The van der Waals surface area contributed by atoms with E-state index in [2.05, 4.69) is 51.1 Å². The van der Waals surface area contributed by atoms with Crippen molar-refractivity contribution in [3.63, 3.8) is 0 Å². The molecule has 1 fully saturated rings. The third-order valence-electron chi connectivity index (χ3n) is 5.32. The van der Waals surface area contributed by atoms with E-state index in [0.29, 0.717) is 0 Å². The van der Waals surface area contributed by atoms with Crippen LogP contribution < -0.4 is 4.90 Å². The van der Waals surface area contributed by atoms with Gasteiger partial charge in [-0.1, -0.05) is 35.5 Å². The predicted octanol–water partition coefficient (Wildman–Crippen LogP) is 4.79. The zero-order valence-electron chi connectivity index (χ0n) is 16.3. The van der Waals surface area contributed by atoms with E-state index in [-0.39, 0.29) is 31.4 Å². The Morgan fingerprint density at radius 3 is 2.21 bits per heavy atom.